The number of hydrogen-bond donors (Lipinski definition) is 1. The summed E-state index contributed by atoms with van der Waals surface area (Å²) in [5.74, 6) is -0.485. The van der Waals surface area contributed by atoms with Crippen LogP contribution in [0.25, 0.3) is 0 Å². The van der Waals surface area contributed by atoms with Crippen molar-refractivity contribution >= 4 is 5.69 Å². The van der Waals surface area contributed by atoms with E-state index in [-0.39, 0.29) is 17.2 Å². The molecule has 0 aliphatic heterocycles. The molecule has 0 radical (unpaired) electrons. The second-order valence-electron chi connectivity index (χ2n) is 4.22. The number of hydrogen-bond acceptors (Lipinski definition) is 3. The van der Waals surface area contributed by atoms with Crippen LogP contribution >= 0.6 is 0 Å². The highest BCUT2D eigenvalue weighted by Gasteiger charge is 2.31. The molecule has 2 aromatic rings. The molecule has 2 N–H and O–H groups in total. The van der Waals surface area contributed by atoms with Crippen molar-refractivity contribution in [2.75, 3.05) is 5.73 Å². The van der Waals surface area contributed by atoms with Crippen LogP contribution in [-0.4, -0.2) is 6.36 Å². The van der Waals surface area contributed by atoms with Crippen LogP contribution in [0.5, 0.6) is 17.2 Å². The van der Waals surface area contributed by atoms with E-state index in [1.165, 1.54) is 24.3 Å². The van der Waals surface area contributed by atoms with Crippen molar-refractivity contribution in [3.63, 3.8) is 0 Å². The third-order valence-corrected chi connectivity index (χ3v) is 2.55. The third-order valence-electron chi connectivity index (χ3n) is 2.55. The van der Waals surface area contributed by atoms with E-state index < -0.39 is 24.1 Å². The molecule has 0 heterocycles. The van der Waals surface area contributed by atoms with Crippen molar-refractivity contribution in [1.29, 1.82) is 0 Å². The summed E-state index contributed by atoms with van der Waals surface area (Å²) in [6, 6.07) is 8.09. The van der Waals surface area contributed by atoms with Gasteiger partial charge in [0.1, 0.15) is 17.2 Å². The maximum atomic E-state index is 12.9. The van der Waals surface area contributed by atoms with Gasteiger partial charge in [0.25, 0.3) is 6.43 Å². The molecule has 2 rings (SSSR count). The average Bonchev–Trinajstić information content (AvgIpc) is 2.41. The standard InChI is InChI=1S/C14H10F5NO2/c15-13(16)11-7-8(20)1-6-12(11)21-9-2-4-10(5-3-9)22-14(17,18)19/h1-7,13H,20H2. The predicted octanol–water partition coefficient (Wildman–Crippen LogP) is 4.90. The molecule has 0 spiro atoms. The Bertz CT molecular complexity index is 641. The molecule has 0 aliphatic rings. The minimum absolute atomic E-state index is 0.0844. The molecule has 3 nitrogen and oxygen atoms in total. The van der Waals surface area contributed by atoms with Gasteiger partial charge in [-0.3, -0.25) is 0 Å². The van der Waals surface area contributed by atoms with E-state index in [9.17, 15) is 22.0 Å². The van der Waals surface area contributed by atoms with Crippen LogP contribution in [0.15, 0.2) is 42.5 Å². The second-order valence-corrected chi connectivity index (χ2v) is 4.22. The fourth-order valence-corrected chi connectivity index (χ4v) is 1.67. The summed E-state index contributed by atoms with van der Waals surface area (Å²) < 4.78 is 70.7. The Kier molecular flexibility index (Phi) is 4.39. The van der Waals surface area contributed by atoms with Crippen LogP contribution in [0.4, 0.5) is 27.6 Å². The Morgan fingerprint density at radius 3 is 2.05 bits per heavy atom. The van der Waals surface area contributed by atoms with Gasteiger partial charge in [0.15, 0.2) is 0 Å². The first-order valence-corrected chi connectivity index (χ1v) is 5.96. The smallest absolute Gasteiger partial charge is 0.457 e. The average molecular weight is 319 g/mol. The summed E-state index contributed by atoms with van der Waals surface area (Å²) in [5, 5.41) is 0. The first-order valence-electron chi connectivity index (χ1n) is 5.96. The predicted molar refractivity (Wildman–Crippen MR) is 69.0 cm³/mol. The Hall–Kier alpha value is -2.51. The van der Waals surface area contributed by atoms with Crippen LogP contribution in [-0.2, 0) is 0 Å². The van der Waals surface area contributed by atoms with Gasteiger partial charge in [-0.05, 0) is 42.5 Å². The van der Waals surface area contributed by atoms with E-state index in [0.717, 1.165) is 18.2 Å². The lowest BCUT2D eigenvalue weighted by atomic mass is 10.2. The highest BCUT2D eigenvalue weighted by Crippen LogP contribution is 2.34. The molecule has 0 saturated carbocycles. The van der Waals surface area contributed by atoms with E-state index in [1.54, 1.807) is 0 Å². The largest absolute Gasteiger partial charge is 0.573 e. The molecule has 0 unspecified atom stereocenters. The molecule has 22 heavy (non-hydrogen) atoms. The Labute approximate surface area is 122 Å². The van der Waals surface area contributed by atoms with Crippen molar-refractivity contribution in [2.45, 2.75) is 12.8 Å². The minimum atomic E-state index is -4.80. The van der Waals surface area contributed by atoms with E-state index in [1.807, 2.05) is 0 Å². The molecule has 0 aliphatic carbocycles. The maximum Gasteiger partial charge on any atom is 0.573 e. The van der Waals surface area contributed by atoms with Gasteiger partial charge in [0.2, 0.25) is 0 Å². The molecule has 0 bridgehead atoms. The molecule has 0 atom stereocenters. The molecular formula is C14H10F5NO2. The lowest BCUT2D eigenvalue weighted by Crippen LogP contribution is -2.16. The normalized spacial score (nSPS) is 11.5. The lowest BCUT2D eigenvalue weighted by molar-refractivity contribution is -0.274. The monoisotopic (exact) mass is 319 g/mol. The third kappa shape index (κ3) is 4.24. The lowest BCUT2D eigenvalue weighted by Gasteiger charge is -2.12. The first kappa shape index (κ1) is 15.9. The van der Waals surface area contributed by atoms with E-state index >= 15 is 0 Å². The number of ether oxygens (including phenoxy) is 2. The molecule has 8 heteroatoms. The molecule has 0 aromatic heterocycles. The van der Waals surface area contributed by atoms with E-state index in [2.05, 4.69) is 4.74 Å². The molecule has 0 fully saturated rings. The molecule has 2 aromatic carbocycles. The number of rotatable bonds is 4. The molecule has 0 amide bonds. The van der Waals surface area contributed by atoms with E-state index in [0.29, 0.717) is 0 Å². The van der Waals surface area contributed by atoms with Crippen molar-refractivity contribution in [1.82, 2.24) is 0 Å². The van der Waals surface area contributed by atoms with Crippen molar-refractivity contribution < 1.29 is 31.4 Å². The molecule has 118 valence electrons. The van der Waals surface area contributed by atoms with Crippen LogP contribution in [0.1, 0.15) is 12.0 Å². The molecule has 0 saturated heterocycles. The number of halogens is 5. The number of nitrogen functional groups attached to an aromatic ring is 1. The number of anilines is 1. The van der Waals surface area contributed by atoms with Gasteiger partial charge in [-0.1, -0.05) is 0 Å². The summed E-state index contributed by atoms with van der Waals surface area (Å²) in [5.41, 5.74) is 5.17. The van der Waals surface area contributed by atoms with E-state index in [4.69, 9.17) is 10.5 Å². The Morgan fingerprint density at radius 2 is 1.50 bits per heavy atom. The zero-order chi connectivity index (χ0) is 16.3. The fraction of sp³-hybridized carbons (Fsp3) is 0.143. The summed E-state index contributed by atoms with van der Waals surface area (Å²) in [7, 11) is 0. The summed E-state index contributed by atoms with van der Waals surface area (Å²) in [6.07, 6.45) is -7.60. The van der Waals surface area contributed by atoms with Crippen LogP contribution < -0.4 is 15.2 Å². The first-order chi connectivity index (χ1) is 10.2. The van der Waals surface area contributed by atoms with Gasteiger partial charge in [-0.2, -0.15) is 0 Å². The van der Waals surface area contributed by atoms with Gasteiger partial charge in [0.05, 0.1) is 5.56 Å². The minimum Gasteiger partial charge on any atom is -0.457 e. The highest BCUT2D eigenvalue weighted by molar-refractivity contribution is 5.49. The number of alkyl halides is 5. The zero-order valence-corrected chi connectivity index (χ0v) is 10.9. The Morgan fingerprint density at radius 1 is 0.909 bits per heavy atom. The number of benzene rings is 2. The van der Waals surface area contributed by atoms with Crippen molar-refractivity contribution in [3.8, 4) is 17.2 Å². The summed E-state index contributed by atoms with van der Waals surface area (Å²) >= 11 is 0. The van der Waals surface area contributed by atoms with Crippen molar-refractivity contribution in [3.05, 3.63) is 48.0 Å². The van der Waals surface area contributed by atoms with Gasteiger partial charge >= 0.3 is 6.36 Å². The topological polar surface area (TPSA) is 44.5 Å². The van der Waals surface area contributed by atoms with Crippen LogP contribution in [0, 0.1) is 0 Å². The maximum absolute atomic E-state index is 12.9. The SMILES string of the molecule is Nc1ccc(Oc2ccc(OC(F)(F)F)cc2)c(C(F)F)c1. The summed E-state index contributed by atoms with van der Waals surface area (Å²) in [6.45, 7) is 0. The van der Waals surface area contributed by atoms with Gasteiger partial charge in [0, 0.05) is 5.69 Å². The summed E-state index contributed by atoms with van der Waals surface area (Å²) in [4.78, 5) is 0. The zero-order valence-electron chi connectivity index (χ0n) is 10.9. The Balaban J connectivity index is 2.18. The molecular weight excluding hydrogens is 309 g/mol. The van der Waals surface area contributed by atoms with Crippen LogP contribution in [0.2, 0.25) is 0 Å². The highest BCUT2D eigenvalue weighted by atomic mass is 19.4. The fourth-order valence-electron chi connectivity index (χ4n) is 1.67. The van der Waals surface area contributed by atoms with Gasteiger partial charge in [-0.15, -0.1) is 13.2 Å². The van der Waals surface area contributed by atoms with Gasteiger partial charge < -0.3 is 15.2 Å². The van der Waals surface area contributed by atoms with Gasteiger partial charge in [-0.25, -0.2) is 8.78 Å². The quantitative estimate of drug-likeness (QED) is 0.644. The number of nitrogens with two attached hydrogens (primary N) is 1. The second kappa shape index (κ2) is 6.08. The van der Waals surface area contributed by atoms with Crippen molar-refractivity contribution in [2.24, 2.45) is 0 Å². The van der Waals surface area contributed by atoms with Crippen LogP contribution in [0.3, 0.4) is 0 Å².